The fraction of sp³-hybridized carbons (Fsp3) is 0.882. The molecule has 1 unspecified atom stereocenters. The van der Waals surface area contributed by atoms with Crippen LogP contribution in [0.4, 0.5) is 0 Å². The maximum Gasteiger partial charge on any atom is 0.229 e. The molecule has 0 radical (unpaired) electrons. The van der Waals surface area contributed by atoms with Gasteiger partial charge >= 0.3 is 0 Å². The molecule has 0 aromatic carbocycles. The summed E-state index contributed by atoms with van der Waals surface area (Å²) in [6, 6.07) is 0. The number of hydrogen-bond donors (Lipinski definition) is 1. The van der Waals surface area contributed by atoms with Crippen LogP contribution in [0.3, 0.4) is 0 Å². The van der Waals surface area contributed by atoms with Crippen molar-refractivity contribution in [3.8, 4) is 0 Å². The van der Waals surface area contributed by atoms with Gasteiger partial charge in [-0.3, -0.25) is 0 Å². The van der Waals surface area contributed by atoms with Crippen molar-refractivity contribution in [2.45, 2.75) is 84.2 Å². The van der Waals surface area contributed by atoms with Gasteiger partial charge in [-0.25, -0.2) is 0 Å². The van der Waals surface area contributed by atoms with Crippen LogP contribution in [-0.4, -0.2) is 21.4 Å². The van der Waals surface area contributed by atoms with Gasteiger partial charge in [-0.15, -0.1) is 0 Å². The molecule has 1 aromatic rings. The Morgan fingerprint density at radius 1 is 1.24 bits per heavy atom. The molecule has 1 aliphatic carbocycles. The van der Waals surface area contributed by atoms with Gasteiger partial charge in [-0.05, 0) is 43.9 Å². The van der Waals surface area contributed by atoms with E-state index in [4.69, 9.17) is 4.52 Å². The lowest BCUT2D eigenvalue weighted by molar-refractivity contribution is 0.138. The highest BCUT2D eigenvalue weighted by Crippen LogP contribution is 2.36. The first-order chi connectivity index (χ1) is 10.1. The zero-order valence-electron chi connectivity index (χ0n) is 13.7. The quantitative estimate of drug-likeness (QED) is 0.822. The second-order valence-corrected chi connectivity index (χ2v) is 7.04. The molecule has 1 heterocycles. The third-order valence-electron chi connectivity index (χ3n) is 4.55. The second-order valence-electron chi connectivity index (χ2n) is 7.04. The summed E-state index contributed by atoms with van der Waals surface area (Å²) in [4.78, 5) is 4.51. The Labute approximate surface area is 128 Å². The van der Waals surface area contributed by atoms with E-state index in [9.17, 15) is 5.11 Å². The molecule has 1 saturated carbocycles. The number of nitrogens with zero attached hydrogens (tertiary/aromatic N) is 2. The number of rotatable bonds is 7. The number of aliphatic hydroxyl groups excluding tert-OH is 1. The standard InChI is InChI=1S/C17H30N2O2/c1-4-5-13-6-8-14(9-7-13)17-18-16(21-19-17)11-15(20)10-12(2)3/h12-15,20H,4-11H2,1-3H3. The van der Waals surface area contributed by atoms with Gasteiger partial charge in [0.15, 0.2) is 5.82 Å². The topological polar surface area (TPSA) is 59.2 Å². The van der Waals surface area contributed by atoms with E-state index in [1.165, 1.54) is 38.5 Å². The Balaban J connectivity index is 1.83. The van der Waals surface area contributed by atoms with Gasteiger partial charge in [0, 0.05) is 5.92 Å². The lowest BCUT2D eigenvalue weighted by atomic mass is 9.80. The van der Waals surface area contributed by atoms with Crippen molar-refractivity contribution < 1.29 is 9.63 Å². The van der Waals surface area contributed by atoms with Crippen molar-refractivity contribution in [3.63, 3.8) is 0 Å². The van der Waals surface area contributed by atoms with Crippen LogP contribution < -0.4 is 0 Å². The van der Waals surface area contributed by atoms with Gasteiger partial charge in [0.05, 0.1) is 12.5 Å². The van der Waals surface area contributed by atoms with Gasteiger partial charge in [0.2, 0.25) is 5.89 Å². The fourth-order valence-corrected chi connectivity index (χ4v) is 3.46. The minimum absolute atomic E-state index is 0.376. The fourth-order valence-electron chi connectivity index (χ4n) is 3.46. The monoisotopic (exact) mass is 294 g/mol. The lowest BCUT2D eigenvalue weighted by Crippen LogP contribution is -2.15. The molecule has 4 heteroatoms. The van der Waals surface area contributed by atoms with Crippen molar-refractivity contribution in [2.75, 3.05) is 0 Å². The van der Waals surface area contributed by atoms with Crippen LogP contribution in [-0.2, 0) is 6.42 Å². The molecule has 1 aromatic heterocycles. The van der Waals surface area contributed by atoms with Gasteiger partial charge in [-0.1, -0.05) is 38.8 Å². The third kappa shape index (κ3) is 5.10. The molecule has 0 aliphatic heterocycles. The molecule has 0 saturated heterocycles. The van der Waals surface area contributed by atoms with Crippen LogP contribution in [0.1, 0.15) is 83.3 Å². The van der Waals surface area contributed by atoms with Crippen LogP contribution in [0, 0.1) is 11.8 Å². The molecule has 120 valence electrons. The van der Waals surface area contributed by atoms with E-state index in [1.807, 2.05) is 0 Å². The highest BCUT2D eigenvalue weighted by atomic mass is 16.5. The first-order valence-corrected chi connectivity index (χ1v) is 8.59. The van der Waals surface area contributed by atoms with E-state index in [2.05, 4.69) is 30.9 Å². The maximum atomic E-state index is 9.96. The van der Waals surface area contributed by atoms with Gasteiger partial charge in [0.1, 0.15) is 0 Å². The van der Waals surface area contributed by atoms with Crippen molar-refractivity contribution in [2.24, 2.45) is 11.8 Å². The van der Waals surface area contributed by atoms with Crippen LogP contribution in [0.5, 0.6) is 0 Å². The molecule has 1 N–H and O–H groups in total. The molecule has 2 rings (SSSR count). The second kappa shape index (κ2) is 7.92. The largest absolute Gasteiger partial charge is 0.393 e. The SMILES string of the molecule is CCCC1CCC(c2noc(CC(O)CC(C)C)n2)CC1. The van der Waals surface area contributed by atoms with E-state index < -0.39 is 0 Å². The van der Waals surface area contributed by atoms with Crippen molar-refractivity contribution >= 4 is 0 Å². The van der Waals surface area contributed by atoms with Crippen molar-refractivity contribution in [3.05, 3.63) is 11.7 Å². The molecular formula is C17H30N2O2. The summed E-state index contributed by atoms with van der Waals surface area (Å²) in [6.45, 7) is 6.48. The lowest BCUT2D eigenvalue weighted by Gasteiger charge is -2.26. The highest BCUT2D eigenvalue weighted by Gasteiger charge is 2.25. The molecule has 1 fully saturated rings. The minimum atomic E-state index is -0.376. The van der Waals surface area contributed by atoms with Gasteiger partial charge in [-0.2, -0.15) is 4.98 Å². The average molecular weight is 294 g/mol. The van der Waals surface area contributed by atoms with Crippen LogP contribution in [0.15, 0.2) is 4.52 Å². The summed E-state index contributed by atoms with van der Waals surface area (Å²) in [5, 5.41) is 14.1. The first kappa shape index (κ1) is 16.5. The number of aromatic nitrogens is 2. The van der Waals surface area contributed by atoms with Crippen LogP contribution in [0.2, 0.25) is 0 Å². The Morgan fingerprint density at radius 3 is 2.57 bits per heavy atom. The Bertz CT molecular complexity index is 409. The third-order valence-corrected chi connectivity index (χ3v) is 4.55. The Kier molecular flexibility index (Phi) is 6.22. The Hall–Kier alpha value is -0.900. The summed E-state index contributed by atoms with van der Waals surface area (Å²) in [5.41, 5.74) is 0. The number of hydrogen-bond acceptors (Lipinski definition) is 4. The van der Waals surface area contributed by atoms with Gasteiger partial charge < -0.3 is 9.63 Å². The first-order valence-electron chi connectivity index (χ1n) is 8.59. The zero-order chi connectivity index (χ0) is 15.2. The summed E-state index contributed by atoms with van der Waals surface area (Å²) in [7, 11) is 0. The Morgan fingerprint density at radius 2 is 1.95 bits per heavy atom. The van der Waals surface area contributed by atoms with Crippen LogP contribution >= 0.6 is 0 Å². The normalized spacial score (nSPS) is 24.4. The number of aliphatic hydroxyl groups is 1. The zero-order valence-corrected chi connectivity index (χ0v) is 13.7. The summed E-state index contributed by atoms with van der Waals surface area (Å²) in [5.74, 6) is 3.28. The van der Waals surface area contributed by atoms with Crippen molar-refractivity contribution in [1.29, 1.82) is 0 Å². The van der Waals surface area contributed by atoms with E-state index >= 15 is 0 Å². The van der Waals surface area contributed by atoms with E-state index in [1.54, 1.807) is 0 Å². The minimum Gasteiger partial charge on any atom is -0.393 e. The molecule has 1 atom stereocenters. The van der Waals surface area contributed by atoms with Crippen molar-refractivity contribution in [1.82, 2.24) is 10.1 Å². The van der Waals surface area contributed by atoms with E-state index in [0.717, 1.165) is 18.2 Å². The predicted octanol–water partition coefficient (Wildman–Crippen LogP) is 4.09. The molecule has 4 nitrogen and oxygen atoms in total. The smallest absolute Gasteiger partial charge is 0.229 e. The maximum absolute atomic E-state index is 9.96. The molecule has 0 spiro atoms. The highest BCUT2D eigenvalue weighted by molar-refractivity contribution is 4.98. The summed E-state index contributed by atoms with van der Waals surface area (Å²) < 4.78 is 5.32. The molecule has 21 heavy (non-hydrogen) atoms. The molecular weight excluding hydrogens is 264 g/mol. The molecule has 0 bridgehead atoms. The summed E-state index contributed by atoms with van der Waals surface area (Å²) >= 11 is 0. The van der Waals surface area contributed by atoms with Gasteiger partial charge in [0.25, 0.3) is 0 Å². The van der Waals surface area contributed by atoms with Crippen LogP contribution in [0.25, 0.3) is 0 Å². The van der Waals surface area contributed by atoms with E-state index in [0.29, 0.717) is 24.1 Å². The van der Waals surface area contributed by atoms with E-state index in [-0.39, 0.29) is 6.10 Å². The predicted molar refractivity (Wildman–Crippen MR) is 83.1 cm³/mol. The summed E-state index contributed by atoms with van der Waals surface area (Å²) in [6.07, 6.45) is 8.46. The molecule has 0 amide bonds. The average Bonchev–Trinajstić information content (AvgIpc) is 2.87. The molecule has 1 aliphatic rings.